The molecule has 1 aliphatic rings. The van der Waals surface area contributed by atoms with E-state index >= 15 is 0 Å². The minimum Gasteiger partial charge on any atom is -0.306 e. The predicted molar refractivity (Wildman–Crippen MR) is 71.6 cm³/mol. The van der Waals surface area contributed by atoms with Crippen molar-refractivity contribution in [3.8, 4) is 0 Å². The van der Waals surface area contributed by atoms with E-state index in [9.17, 15) is 18.5 Å². The van der Waals surface area contributed by atoms with Gasteiger partial charge in [0.05, 0.1) is 16.4 Å². The second-order valence-corrected chi connectivity index (χ2v) is 7.36. The maximum atomic E-state index is 11.5. The van der Waals surface area contributed by atoms with Gasteiger partial charge in [0.25, 0.3) is 5.69 Å². The SMILES string of the molecule is C[C@]1(NCc2ccc([N+](=O)[O-])cc2)CCS(=O)(=O)C1. The van der Waals surface area contributed by atoms with E-state index in [0.29, 0.717) is 13.0 Å². The molecule has 0 aromatic heterocycles. The highest BCUT2D eigenvalue weighted by atomic mass is 32.2. The summed E-state index contributed by atoms with van der Waals surface area (Å²) in [4.78, 5) is 10.1. The molecule has 1 aromatic rings. The average Bonchev–Trinajstić information content (AvgIpc) is 2.62. The van der Waals surface area contributed by atoms with Crippen molar-refractivity contribution in [2.75, 3.05) is 11.5 Å². The van der Waals surface area contributed by atoms with Crippen LogP contribution in [0.4, 0.5) is 5.69 Å². The van der Waals surface area contributed by atoms with Gasteiger partial charge in [0.15, 0.2) is 9.84 Å². The topological polar surface area (TPSA) is 89.3 Å². The number of non-ortho nitro benzene ring substituents is 1. The highest BCUT2D eigenvalue weighted by molar-refractivity contribution is 7.91. The van der Waals surface area contributed by atoms with Gasteiger partial charge in [-0.05, 0) is 18.9 Å². The van der Waals surface area contributed by atoms with Gasteiger partial charge in [-0.1, -0.05) is 12.1 Å². The molecule has 1 aliphatic heterocycles. The van der Waals surface area contributed by atoms with Gasteiger partial charge in [-0.15, -0.1) is 0 Å². The highest BCUT2D eigenvalue weighted by Crippen LogP contribution is 2.23. The number of benzene rings is 1. The molecule has 104 valence electrons. The Balaban J connectivity index is 1.97. The van der Waals surface area contributed by atoms with E-state index in [0.717, 1.165) is 5.56 Å². The van der Waals surface area contributed by atoms with Crippen LogP contribution in [0.25, 0.3) is 0 Å². The lowest BCUT2D eigenvalue weighted by Gasteiger charge is -2.23. The molecule has 2 rings (SSSR count). The van der Waals surface area contributed by atoms with Gasteiger partial charge in [-0.2, -0.15) is 0 Å². The zero-order valence-electron chi connectivity index (χ0n) is 10.6. The van der Waals surface area contributed by atoms with Crippen molar-refractivity contribution in [3.05, 3.63) is 39.9 Å². The molecular formula is C12H16N2O4S. The zero-order valence-corrected chi connectivity index (χ0v) is 11.4. The first kappa shape index (κ1) is 14.0. The maximum absolute atomic E-state index is 11.5. The van der Waals surface area contributed by atoms with Gasteiger partial charge in [0.1, 0.15) is 0 Å². The van der Waals surface area contributed by atoms with Crippen molar-refractivity contribution < 1.29 is 13.3 Å². The van der Waals surface area contributed by atoms with E-state index in [1.54, 1.807) is 12.1 Å². The summed E-state index contributed by atoms with van der Waals surface area (Å²) in [7, 11) is -2.93. The molecule has 7 heteroatoms. The molecular weight excluding hydrogens is 268 g/mol. The smallest absolute Gasteiger partial charge is 0.269 e. The lowest BCUT2D eigenvalue weighted by molar-refractivity contribution is -0.384. The fourth-order valence-corrected chi connectivity index (χ4v) is 4.32. The van der Waals surface area contributed by atoms with Crippen molar-refractivity contribution in [2.24, 2.45) is 0 Å². The van der Waals surface area contributed by atoms with Crippen LogP contribution in [0.15, 0.2) is 24.3 Å². The first-order valence-corrected chi connectivity index (χ1v) is 7.81. The Morgan fingerprint density at radius 2 is 2.00 bits per heavy atom. The second-order valence-electron chi connectivity index (χ2n) is 5.18. The molecule has 1 saturated heterocycles. The van der Waals surface area contributed by atoms with Crippen LogP contribution in [0.2, 0.25) is 0 Å². The summed E-state index contributed by atoms with van der Waals surface area (Å²) in [6, 6.07) is 6.26. The first-order chi connectivity index (χ1) is 8.80. The molecule has 0 aliphatic carbocycles. The third kappa shape index (κ3) is 3.51. The minimum atomic E-state index is -2.93. The molecule has 19 heavy (non-hydrogen) atoms. The average molecular weight is 284 g/mol. The molecule has 0 saturated carbocycles. The first-order valence-electron chi connectivity index (χ1n) is 5.99. The number of sulfone groups is 1. The van der Waals surface area contributed by atoms with Crippen LogP contribution in [0.1, 0.15) is 18.9 Å². The largest absolute Gasteiger partial charge is 0.306 e. The molecule has 1 fully saturated rings. The van der Waals surface area contributed by atoms with Gasteiger partial charge in [0.2, 0.25) is 0 Å². The van der Waals surface area contributed by atoms with Crippen LogP contribution in [0, 0.1) is 10.1 Å². The van der Waals surface area contributed by atoms with Crippen LogP contribution < -0.4 is 5.32 Å². The standard InChI is InChI=1S/C12H16N2O4S/c1-12(6-7-19(17,18)9-12)13-8-10-2-4-11(5-3-10)14(15)16/h2-5,13H,6-9H2,1H3/t12-/m0/s1. The number of nitro benzene ring substituents is 1. The number of hydrogen-bond donors (Lipinski definition) is 1. The van der Waals surface area contributed by atoms with Crippen LogP contribution in [0.3, 0.4) is 0 Å². The van der Waals surface area contributed by atoms with Crippen LogP contribution in [-0.4, -0.2) is 30.4 Å². The Morgan fingerprint density at radius 1 is 1.37 bits per heavy atom. The van der Waals surface area contributed by atoms with E-state index in [1.807, 2.05) is 6.92 Å². The molecule has 0 radical (unpaired) electrons. The lowest BCUT2D eigenvalue weighted by Crippen LogP contribution is -2.42. The molecule has 1 atom stereocenters. The van der Waals surface area contributed by atoms with Crippen molar-refractivity contribution >= 4 is 15.5 Å². The van der Waals surface area contributed by atoms with E-state index in [-0.39, 0.29) is 17.2 Å². The van der Waals surface area contributed by atoms with E-state index in [1.165, 1.54) is 12.1 Å². The van der Waals surface area contributed by atoms with E-state index < -0.39 is 20.3 Å². The summed E-state index contributed by atoms with van der Waals surface area (Å²) < 4.78 is 22.9. The normalized spacial score (nSPS) is 25.3. The molecule has 0 unspecified atom stereocenters. The Morgan fingerprint density at radius 3 is 2.47 bits per heavy atom. The summed E-state index contributed by atoms with van der Waals surface area (Å²) in [5, 5.41) is 13.8. The molecule has 1 aromatic carbocycles. The molecule has 0 bridgehead atoms. The Labute approximate surface area is 111 Å². The monoisotopic (exact) mass is 284 g/mol. The van der Waals surface area contributed by atoms with Crippen molar-refractivity contribution in [1.82, 2.24) is 5.32 Å². The number of rotatable bonds is 4. The summed E-state index contributed by atoms with van der Waals surface area (Å²) in [5.74, 6) is 0.365. The third-order valence-corrected chi connectivity index (χ3v) is 5.27. The van der Waals surface area contributed by atoms with Gasteiger partial charge in [0, 0.05) is 24.2 Å². The Hall–Kier alpha value is -1.47. The lowest BCUT2D eigenvalue weighted by atomic mass is 10.0. The summed E-state index contributed by atoms with van der Waals surface area (Å²) in [5.41, 5.74) is 0.551. The summed E-state index contributed by atoms with van der Waals surface area (Å²) in [6.07, 6.45) is 0.600. The van der Waals surface area contributed by atoms with Crippen molar-refractivity contribution in [2.45, 2.75) is 25.4 Å². The van der Waals surface area contributed by atoms with E-state index in [4.69, 9.17) is 0 Å². The quantitative estimate of drug-likeness (QED) is 0.664. The van der Waals surface area contributed by atoms with Gasteiger partial charge in [-0.3, -0.25) is 10.1 Å². The second kappa shape index (κ2) is 4.90. The zero-order chi connectivity index (χ0) is 14.1. The van der Waals surface area contributed by atoms with Crippen LogP contribution in [-0.2, 0) is 16.4 Å². The van der Waals surface area contributed by atoms with Gasteiger partial charge in [-0.25, -0.2) is 8.42 Å². The fraction of sp³-hybridized carbons (Fsp3) is 0.500. The summed E-state index contributed by atoms with van der Waals surface area (Å²) >= 11 is 0. The van der Waals surface area contributed by atoms with E-state index in [2.05, 4.69) is 5.32 Å². The van der Waals surface area contributed by atoms with Gasteiger partial charge >= 0.3 is 0 Å². The Bertz CT molecular complexity index is 582. The van der Waals surface area contributed by atoms with Crippen molar-refractivity contribution in [3.63, 3.8) is 0 Å². The molecule has 0 spiro atoms. The molecule has 1 N–H and O–H groups in total. The predicted octanol–water partition coefficient (Wildman–Crippen LogP) is 1.26. The number of nitrogens with zero attached hydrogens (tertiary/aromatic N) is 1. The molecule has 1 heterocycles. The molecule has 6 nitrogen and oxygen atoms in total. The number of hydrogen-bond acceptors (Lipinski definition) is 5. The van der Waals surface area contributed by atoms with Crippen molar-refractivity contribution in [1.29, 1.82) is 0 Å². The fourth-order valence-electron chi connectivity index (χ4n) is 2.20. The van der Waals surface area contributed by atoms with Gasteiger partial charge < -0.3 is 5.32 Å². The van der Waals surface area contributed by atoms with Crippen LogP contribution >= 0.6 is 0 Å². The Kier molecular flexibility index (Phi) is 3.60. The highest BCUT2D eigenvalue weighted by Gasteiger charge is 2.37. The number of nitrogens with one attached hydrogen (secondary N) is 1. The minimum absolute atomic E-state index is 0.0541. The summed E-state index contributed by atoms with van der Waals surface area (Å²) in [6.45, 7) is 2.40. The maximum Gasteiger partial charge on any atom is 0.269 e. The number of nitro groups is 1. The third-order valence-electron chi connectivity index (χ3n) is 3.37. The molecule has 0 amide bonds. The van der Waals surface area contributed by atoms with Crippen LogP contribution in [0.5, 0.6) is 0 Å².